The van der Waals surface area contributed by atoms with Crippen LogP contribution in [0, 0.1) is 17.6 Å². The highest BCUT2D eigenvalue weighted by atomic mass is 19.4. The van der Waals surface area contributed by atoms with Crippen LogP contribution < -0.4 is 5.32 Å². The average molecular weight is 387 g/mol. The fraction of sp³-hybridized carbons (Fsp3) is 0.562. The highest BCUT2D eigenvalue weighted by Gasteiger charge is 2.46. The Hall–Kier alpha value is -1.84. The molecule has 1 saturated carbocycles. The molecule has 1 aromatic carbocycles. The van der Waals surface area contributed by atoms with Crippen LogP contribution in [0.1, 0.15) is 37.3 Å². The van der Waals surface area contributed by atoms with E-state index < -0.39 is 60.2 Å². The highest BCUT2D eigenvalue weighted by molar-refractivity contribution is 5.73. The molecule has 1 aliphatic rings. The van der Waals surface area contributed by atoms with E-state index in [1.807, 2.05) is 0 Å². The summed E-state index contributed by atoms with van der Waals surface area (Å²) in [5.41, 5.74) is -0.812. The van der Waals surface area contributed by atoms with Gasteiger partial charge in [-0.3, -0.25) is 10.1 Å². The summed E-state index contributed by atoms with van der Waals surface area (Å²) in [5.74, 6) is -8.56. The number of carbonyl (C=O) groups is 1. The maximum absolute atomic E-state index is 13.9. The van der Waals surface area contributed by atoms with Crippen molar-refractivity contribution in [2.45, 2.75) is 49.9 Å². The van der Waals surface area contributed by atoms with E-state index in [-0.39, 0.29) is 12.0 Å². The molecule has 2 N–H and O–H groups in total. The number of carboxylic acid groups (broad SMARTS) is 1. The summed E-state index contributed by atoms with van der Waals surface area (Å²) >= 11 is 0. The van der Waals surface area contributed by atoms with E-state index in [0.29, 0.717) is 25.0 Å². The van der Waals surface area contributed by atoms with Crippen molar-refractivity contribution in [2.24, 2.45) is 5.92 Å². The zero-order chi connectivity index (χ0) is 19.7. The summed E-state index contributed by atoms with van der Waals surface area (Å²) in [6, 6.07) is -3.64. The molecule has 2 atom stereocenters. The summed E-state index contributed by atoms with van der Waals surface area (Å²) in [6.07, 6.45) is -5.90. The molecule has 0 bridgehead atoms. The molecular weight excluding hydrogens is 371 g/mol. The van der Waals surface area contributed by atoms with Gasteiger partial charge in [0.15, 0.2) is 11.6 Å². The van der Waals surface area contributed by atoms with Crippen LogP contribution in [0.5, 0.6) is 0 Å². The summed E-state index contributed by atoms with van der Waals surface area (Å²) in [6.45, 7) is 0. The third-order valence-electron chi connectivity index (χ3n) is 4.06. The molecule has 3 nitrogen and oxygen atoms in total. The zero-order valence-electron chi connectivity index (χ0n) is 13.3. The summed E-state index contributed by atoms with van der Waals surface area (Å²) in [5, 5.41) is 10.7. The van der Waals surface area contributed by atoms with Crippen LogP contribution >= 0.6 is 0 Å². The van der Waals surface area contributed by atoms with Gasteiger partial charge in [-0.1, -0.05) is 6.07 Å². The van der Waals surface area contributed by atoms with Crippen LogP contribution in [0.15, 0.2) is 18.2 Å². The van der Waals surface area contributed by atoms with Crippen LogP contribution in [-0.2, 0) is 4.79 Å². The maximum atomic E-state index is 13.9. The quantitative estimate of drug-likeness (QED) is 0.649. The molecule has 1 fully saturated rings. The fourth-order valence-corrected chi connectivity index (χ4v) is 2.62. The first kappa shape index (κ1) is 20.5. The Balaban J connectivity index is 2.22. The molecule has 1 aromatic rings. The fourth-order valence-electron chi connectivity index (χ4n) is 2.62. The van der Waals surface area contributed by atoms with Gasteiger partial charge in [-0.15, -0.1) is 0 Å². The van der Waals surface area contributed by atoms with Crippen LogP contribution in [0.25, 0.3) is 0 Å². The molecule has 0 amide bonds. The second-order valence-corrected chi connectivity index (χ2v) is 6.41. The van der Waals surface area contributed by atoms with Gasteiger partial charge in [0.1, 0.15) is 12.1 Å². The normalized spacial score (nSPS) is 17.8. The first-order chi connectivity index (χ1) is 11.9. The lowest BCUT2D eigenvalue weighted by Crippen LogP contribution is -2.47. The van der Waals surface area contributed by atoms with Crippen molar-refractivity contribution < 1.29 is 40.6 Å². The van der Waals surface area contributed by atoms with Crippen LogP contribution in [0.4, 0.5) is 30.7 Å². The Morgan fingerprint density at radius 3 is 2.23 bits per heavy atom. The molecule has 0 aromatic heterocycles. The largest absolute Gasteiger partial charge is 0.480 e. The molecule has 0 spiro atoms. The smallest absolute Gasteiger partial charge is 0.407 e. The van der Waals surface area contributed by atoms with E-state index in [1.54, 1.807) is 5.32 Å². The highest BCUT2D eigenvalue weighted by Crippen LogP contribution is 2.41. The molecule has 2 rings (SSSR count). The first-order valence-electron chi connectivity index (χ1n) is 7.77. The van der Waals surface area contributed by atoms with Gasteiger partial charge in [0.05, 0.1) is 0 Å². The zero-order valence-corrected chi connectivity index (χ0v) is 13.3. The van der Waals surface area contributed by atoms with E-state index in [0.717, 1.165) is 0 Å². The van der Waals surface area contributed by atoms with E-state index >= 15 is 0 Å². The standard InChI is InChI=1S/C16H16F7NO2/c17-10-4-3-9(5-11(10)18)13(16(21,22)23)24-12(14(25)26)7-15(19,20)6-8-1-2-8/h3-5,8,12-13,24H,1-2,6-7H2,(H,25,26)/t12-,13?/m0/s1. The van der Waals surface area contributed by atoms with Gasteiger partial charge in [-0.2, -0.15) is 13.2 Å². The maximum Gasteiger partial charge on any atom is 0.407 e. The van der Waals surface area contributed by atoms with Gasteiger partial charge in [0.2, 0.25) is 0 Å². The average Bonchev–Trinajstić information content (AvgIpc) is 3.28. The third kappa shape index (κ3) is 5.58. The number of nitrogens with one attached hydrogen (secondary N) is 1. The van der Waals surface area contributed by atoms with Crippen LogP contribution in [-0.4, -0.2) is 29.2 Å². The van der Waals surface area contributed by atoms with Crippen molar-refractivity contribution in [3.63, 3.8) is 0 Å². The van der Waals surface area contributed by atoms with Gasteiger partial charge in [-0.25, -0.2) is 17.6 Å². The van der Waals surface area contributed by atoms with Gasteiger partial charge in [0.25, 0.3) is 5.92 Å². The molecule has 10 heteroatoms. The number of carboxylic acids is 1. The van der Waals surface area contributed by atoms with Crippen LogP contribution in [0.3, 0.4) is 0 Å². The molecule has 1 unspecified atom stereocenters. The number of benzene rings is 1. The Morgan fingerprint density at radius 2 is 1.77 bits per heavy atom. The van der Waals surface area contributed by atoms with Crippen molar-refractivity contribution in [1.82, 2.24) is 5.32 Å². The minimum Gasteiger partial charge on any atom is -0.480 e. The lowest BCUT2D eigenvalue weighted by Gasteiger charge is -2.28. The van der Waals surface area contributed by atoms with Crippen molar-refractivity contribution >= 4 is 5.97 Å². The van der Waals surface area contributed by atoms with Crippen molar-refractivity contribution in [3.05, 3.63) is 35.4 Å². The molecule has 0 saturated heterocycles. The summed E-state index contributed by atoms with van der Waals surface area (Å²) in [4.78, 5) is 11.2. The first-order valence-corrected chi connectivity index (χ1v) is 7.77. The minimum absolute atomic E-state index is 0.252. The Labute approximate surface area is 144 Å². The van der Waals surface area contributed by atoms with E-state index in [2.05, 4.69) is 0 Å². The topological polar surface area (TPSA) is 49.3 Å². The number of aliphatic carboxylic acids is 1. The number of hydrogen-bond donors (Lipinski definition) is 2. The predicted molar refractivity (Wildman–Crippen MR) is 76.6 cm³/mol. The molecule has 146 valence electrons. The number of alkyl halides is 5. The van der Waals surface area contributed by atoms with E-state index in [1.165, 1.54) is 0 Å². The van der Waals surface area contributed by atoms with E-state index in [9.17, 15) is 35.5 Å². The number of hydrogen-bond acceptors (Lipinski definition) is 2. The monoisotopic (exact) mass is 387 g/mol. The predicted octanol–water partition coefficient (Wildman–Crippen LogP) is 4.44. The summed E-state index contributed by atoms with van der Waals surface area (Å²) in [7, 11) is 0. The summed E-state index contributed by atoms with van der Waals surface area (Å²) < 4.78 is 93.7. The van der Waals surface area contributed by atoms with Crippen molar-refractivity contribution in [1.29, 1.82) is 0 Å². The SMILES string of the molecule is O=C(O)[C@H](CC(F)(F)CC1CC1)NC(c1ccc(F)c(F)c1)C(F)(F)F. The van der Waals surface area contributed by atoms with Gasteiger partial charge >= 0.3 is 12.1 Å². The van der Waals surface area contributed by atoms with Crippen molar-refractivity contribution in [3.8, 4) is 0 Å². The van der Waals surface area contributed by atoms with Crippen LogP contribution in [0.2, 0.25) is 0 Å². The molecule has 0 heterocycles. The number of halogens is 7. The lowest BCUT2D eigenvalue weighted by molar-refractivity contribution is -0.166. The van der Waals surface area contributed by atoms with Gasteiger partial charge < -0.3 is 5.11 Å². The molecule has 1 aliphatic carbocycles. The second kappa shape index (κ2) is 7.42. The Kier molecular flexibility index (Phi) is 5.84. The van der Waals surface area contributed by atoms with Gasteiger partial charge in [0, 0.05) is 12.8 Å². The third-order valence-corrected chi connectivity index (χ3v) is 4.06. The Bertz CT molecular complexity index is 658. The Morgan fingerprint density at radius 1 is 1.15 bits per heavy atom. The van der Waals surface area contributed by atoms with E-state index in [4.69, 9.17) is 5.11 Å². The second-order valence-electron chi connectivity index (χ2n) is 6.41. The molecule has 0 aliphatic heterocycles. The van der Waals surface area contributed by atoms with Gasteiger partial charge in [-0.05, 0) is 36.5 Å². The lowest BCUT2D eigenvalue weighted by atomic mass is 10.00. The minimum atomic E-state index is -5.11. The number of rotatable bonds is 8. The molecule has 0 radical (unpaired) electrons. The molecule has 26 heavy (non-hydrogen) atoms. The molecular formula is C16H16F7NO2. The van der Waals surface area contributed by atoms with Crippen molar-refractivity contribution in [2.75, 3.05) is 0 Å².